The minimum atomic E-state index is -1.06. The molecular weight excluding hydrogens is 404 g/mol. The monoisotopic (exact) mass is 430 g/mol. The Kier molecular flexibility index (Phi) is 6.47. The number of nitriles is 1. The minimum absolute atomic E-state index is 0.311. The van der Waals surface area contributed by atoms with Crippen LogP contribution >= 0.6 is 0 Å². The molecule has 0 bridgehead atoms. The number of para-hydroxylation sites is 2. The summed E-state index contributed by atoms with van der Waals surface area (Å²) in [5.74, 6) is -0.0792. The van der Waals surface area contributed by atoms with Gasteiger partial charge in [0.25, 0.3) is 0 Å². The molecule has 8 nitrogen and oxygen atoms in total. The van der Waals surface area contributed by atoms with Crippen LogP contribution in [0.5, 0.6) is 5.75 Å². The summed E-state index contributed by atoms with van der Waals surface area (Å²) in [5.41, 5.74) is 2.74. The van der Waals surface area contributed by atoms with Crippen LogP contribution in [0.3, 0.4) is 0 Å². The number of methoxy groups -OCH3 is 1. The van der Waals surface area contributed by atoms with Crippen molar-refractivity contribution in [3.8, 4) is 11.8 Å². The van der Waals surface area contributed by atoms with Crippen LogP contribution in [0.25, 0.3) is 11.0 Å². The van der Waals surface area contributed by atoms with Crippen LogP contribution in [-0.2, 0) is 11.3 Å². The molecular formula is C24H26N6O2. The number of ether oxygens (including phenoxy) is 1. The average Bonchev–Trinajstić information content (AvgIpc) is 2.83. The summed E-state index contributed by atoms with van der Waals surface area (Å²) in [6.07, 6.45) is 0. The van der Waals surface area contributed by atoms with Crippen LogP contribution in [0.1, 0.15) is 17.2 Å². The highest BCUT2D eigenvalue weighted by molar-refractivity contribution is 5.88. The number of piperazine rings is 1. The molecule has 8 heteroatoms. The van der Waals surface area contributed by atoms with E-state index in [-0.39, 0.29) is 5.91 Å². The predicted molar refractivity (Wildman–Crippen MR) is 122 cm³/mol. The lowest BCUT2D eigenvalue weighted by Crippen LogP contribution is -2.45. The molecule has 0 aliphatic carbocycles. The molecule has 1 aromatic heterocycles. The molecule has 2 aromatic carbocycles. The number of carbonyl (C=O) groups excluding carboxylic acids is 1. The summed E-state index contributed by atoms with van der Waals surface area (Å²) >= 11 is 0. The Hall–Kier alpha value is -3.70. The highest BCUT2D eigenvalue weighted by Gasteiger charge is 2.29. The first-order valence-corrected chi connectivity index (χ1v) is 10.6. The molecule has 1 fully saturated rings. The van der Waals surface area contributed by atoms with Crippen molar-refractivity contribution in [3.63, 3.8) is 0 Å². The maximum Gasteiger partial charge on any atom is 0.243 e. The molecule has 164 valence electrons. The normalized spacial score (nSPS) is 15.2. The molecule has 2 heterocycles. The fraction of sp³-hybridized carbons (Fsp3) is 0.333. The smallest absolute Gasteiger partial charge is 0.243 e. The summed E-state index contributed by atoms with van der Waals surface area (Å²) < 4.78 is 5.17. The number of hydrogen-bond acceptors (Lipinski definition) is 7. The number of hydrogen-bond donors (Lipinski definition) is 1. The number of amides is 1. The predicted octanol–water partition coefficient (Wildman–Crippen LogP) is 2.31. The minimum Gasteiger partial charge on any atom is -0.497 e. The van der Waals surface area contributed by atoms with Crippen molar-refractivity contribution in [1.82, 2.24) is 20.2 Å². The van der Waals surface area contributed by atoms with E-state index in [1.165, 1.54) is 0 Å². The molecule has 1 aliphatic heterocycles. The number of fused-ring (bicyclic) bond motifs is 1. The summed E-state index contributed by atoms with van der Waals surface area (Å²) in [6, 6.07) is 17.1. The third-order valence-corrected chi connectivity index (χ3v) is 5.67. The number of anilines is 1. The molecule has 1 N–H and O–H groups in total. The Morgan fingerprint density at radius 2 is 1.75 bits per heavy atom. The molecule has 1 saturated heterocycles. The summed E-state index contributed by atoms with van der Waals surface area (Å²) in [5, 5.41) is 12.8. The fourth-order valence-electron chi connectivity index (χ4n) is 3.73. The van der Waals surface area contributed by atoms with E-state index in [1.807, 2.05) is 48.5 Å². The van der Waals surface area contributed by atoms with Crippen molar-refractivity contribution >= 4 is 22.8 Å². The standard InChI is InChI=1S/C24H26N6O2/c1-29-11-13-30(14-12-29)23-22(27-20-5-3-4-6-21(20)28-23)19(15-25)24(31)26-16-17-7-9-18(32-2)10-8-17/h3-10,19H,11-14,16H2,1-2H3,(H,26,31)/t19-/m0/s1. The Bertz CT molecular complexity index is 1130. The van der Waals surface area contributed by atoms with Crippen molar-refractivity contribution in [3.05, 3.63) is 59.8 Å². The number of rotatable bonds is 6. The Labute approximate surface area is 187 Å². The summed E-state index contributed by atoms with van der Waals surface area (Å²) in [6.45, 7) is 3.61. The second kappa shape index (κ2) is 9.62. The number of aromatic nitrogens is 2. The maximum absolute atomic E-state index is 13.0. The van der Waals surface area contributed by atoms with Crippen LogP contribution < -0.4 is 15.0 Å². The molecule has 4 rings (SSSR count). The number of nitrogens with zero attached hydrogens (tertiary/aromatic N) is 5. The summed E-state index contributed by atoms with van der Waals surface area (Å²) in [4.78, 5) is 26.9. The van der Waals surface area contributed by atoms with E-state index in [2.05, 4.69) is 28.2 Å². The van der Waals surface area contributed by atoms with Gasteiger partial charge in [0.05, 0.1) is 24.2 Å². The number of likely N-dealkylation sites (N-methyl/N-ethyl adjacent to an activating group) is 1. The molecule has 0 unspecified atom stereocenters. The van der Waals surface area contributed by atoms with Gasteiger partial charge >= 0.3 is 0 Å². The molecule has 1 atom stereocenters. The maximum atomic E-state index is 13.0. The molecule has 0 spiro atoms. The number of carbonyl (C=O) groups is 1. The van der Waals surface area contributed by atoms with E-state index in [1.54, 1.807) is 7.11 Å². The Morgan fingerprint density at radius 1 is 1.09 bits per heavy atom. The van der Waals surface area contributed by atoms with E-state index < -0.39 is 5.92 Å². The average molecular weight is 431 g/mol. The van der Waals surface area contributed by atoms with Gasteiger partial charge in [-0.15, -0.1) is 0 Å². The largest absolute Gasteiger partial charge is 0.497 e. The van der Waals surface area contributed by atoms with Crippen molar-refractivity contribution < 1.29 is 9.53 Å². The van der Waals surface area contributed by atoms with Gasteiger partial charge in [0.1, 0.15) is 11.4 Å². The van der Waals surface area contributed by atoms with Crippen LogP contribution in [0, 0.1) is 11.3 Å². The zero-order valence-corrected chi connectivity index (χ0v) is 18.3. The van der Waals surface area contributed by atoms with Gasteiger partial charge in [-0.1, -0.05) is 24.3 Å². The van der Waals surface area contributed by atoms with Gasteiger partial charge < -0.3 is 19.9 Å². The molecule has 32 heavy (non-hydrogen) atoms. The molecule has 1 aliphatic rings. The van der Waals surface area contributed by atoms with Gasteiger partial charge in [-0.05, 0) is 36.9 Å². The SMILES string of the molecule is COc1ccc(CNC(=O)[C@@H](C#N)c2nc3ccccc3nc2N2CCN(C)CC2)cc1. The third kappa shape index (κ3) is 4.63. The highest BCUT2D eigenvalue weighted by atomic mass is 16.5. The zero-order chi connectivity index (χ0) is 22.5. The van der Waals surface area contributed by atoms with Gasteiger partial charge in [-0.25, -0.2) is 9.97 Å². The van der Waals surface area contributed by atoms with E-state index in [0.29, 0.717) is 23.6 Å². The van der Waals surface area contributed by atoms with Crippen LogP contribution in [0.2, 0.25) is 0 Å². The van der Waals surface area contributed by atoms with Gasteiger partial charge in [0.15, 0.2) is 11.7 Å². The van der Waals surface area contributed by atoms with Gasteiger partial charge in [0, 0.05) is 32.7 Å². The van der Waals surface area contributed by atoms with Crippen molar-refractivity contribution in [2.24, 2.45) is 0 Å². The third-order valence-electron chi connectivity index (χ3n) is 5.67. The fourth-order valence-corrected chi connectivity index (χ4v) is 3.73. The lowest BCUT2D eigenvalue weighted by Gasteiger charge is -2.34. The van der Waals surface area contributed by atoms with Gasteiger partial charge in [0.2, 0.25) is 5.91 Å². The van der Waals surface area contributed by atoms with Gasteiger partial charge in [-0.3, -0.25) is 4.79 Å². The first-order chi connectivity index (χ1) is 15.6. The second-order valence-electron chi connectivity index (χ2n) is 7.84. The van der Waals surface area contributed by atoms with Crippen molar-refractivity contribution in [2.45, 2.75) is 12.5 Å². The van der Waals surface area contributed by atoms with Crippen molar-refractivity contribution in [1.29, 1.82) is 5.26 Å². The zero-order valence-electron chi connectivity index (χ0n) is 18.3. The van der Waals surface area contributed by atoms with Crippen LogP contribution in [0.15, 0.2) is 48.5 Å². The van der Waals surface area contributed by atoms with E-state index >= 15 is 0 Å². The molecule has 0 saturated carbocycles. The lowest BCUT2D eigenvalue weighted by molar-refractivity contribution is -0.121. The Balaban J connectivity index is 1.61. The van der Waals surface area contributed by atoms with Crippen molar-refractivity contribution in [2.75, 3.05) is 45.2 Å². The highest BCUT2D eigenvalue weighted by Crippen LogP contribution is 2.28. The molecule has 1 amide bonds. The lowest BCUT2D eigenvalue weighted by atomic mass is 10.0. The second-order valence-corrected chi connectivity index (χ2v) is 7.84. The van der Waals surface area contributed by atoms with E-state index in [9.17, 15) is 10.1 Å². The van der Waals surface area contributed by atoms with Crippen LogP contribution in [-0.4, -0.2) is 61.1 Å². The summed E-state index contributed by atoms with van der Waals surface area (Å²) in [7, 11) is 3.69. The quantitative estimate of drug-likeness (QED) is 0.641. The Morgan fingerprint density at radius 3 is 2.38 bits per heavy atom. The topological polar surface area (TPSA) is 94.4 Å². The first kappa shape index (κ1) is 21.5. The molecule has 3 aromatic rings. The first-order valence-electron chi connectivity index (χ1n) is 10.6. The number of benzene rings is 2. The van der Waals surface area contributed by atoms with E-state index in [4.69, 9.17) is 14.7 Å². The van der Waals surface area contributed by atoms with Gasteiger partial charge in [-0.2, -0.15) is 5.26 Å². The van der Waals surface area contributed by atoms with Crippen LogP contribution in [0.4, 0.5) is 5.82 Å². The molecule has 0 radical (unpaired) electrons. The number of nitrogens with one attached hydrogen (secondary N) is 1. The van der Waals surface area contributed by atoms with E-state index in [0.717, 1.165) is 43.0 Å².